The van der Waals surface area contributed by atoms with E-state index in [-0.39, 0.29) is 12.5 Å². The fraction of sp³-hybridized carbons (Fsp3) is 0.350. The quantitative estimate of drug-likeness (QED) is 0.739. The first kappa shape index (κ1) is 19.8. The molecule has 1 saturated heterocycles. The highest BCUT2D eigenvalue weighted by molar-refractivity contribution is 7.92. The lowest BCUT2D eigenvalue weighted by Gasteiger charge is -2.40. The number of carbonyl (C=O) groups is 1. The Bertz CT molecular complexity index is 1020. The van der Waals surface area contributed by atoms with Crippen LogP contribution in [0.15, 0.2) is 48.5 Å². The van der Waals surface area contributed by atoms with E-state index < -0.39 is 16.1 Å². The van der Waals surface area contributed by atoms with Crippen molar-refractivity contribution in [2.24, 2.45) is 0 Å². The first-order valence-corrected chi connectivity index (χ1v) is 11.6. The van der Waals surface area contributed by atoms with E-state index in [4.69, 9.17) is 16.3 Å². The summed E-state index contributed by atoms with van der Waals surface area (Å²) in [6.07, 6.45) is 0.276. The van der Waals surface area contributed by atoms with Crippen LogP contribution in [0.5, 0.6) is 5.75 Å². The second-order valence-corrected chi connectivity index (χ2v) is 9.50. The molecule has 0 aliphatic carbocycles. The highest BCUT2D eigenvalue weighted by atomic mass is 35.5. The molecule has 0 spiro atoms. The Balaban J connectivity index is 1.47. The average Bonchev–Trinajstić information content (AvgIpc) is 2.72. The molecule has 2 aromatic rings. The topological polar surface area (TPSA) is 70.2 Å². The first-order chi connectivity index (χ1) is 13.8. The number of anilines is 2. The van der Waals surface area contributed by atoms with Crippen molar-refractivity contribution in [3.8, 4) is 5.75 Å². The maximum Gasteiger partial charge on any atom is 0.265 e. The monoisotopic (exact) mass is 435 g/mol. The van der Waals surface area contributed by atoms with Crippen molar-refractivity contribution in [1.82, 2.24) is 4.90 Å². The summed E-state index contributed by atoms with van der Waals surface area (Å²) in [6.45, 7) is 2.39. The molecule has 0 radical (unpaired) electrons. The zero-order chi connectivity index (χ0) is 20.6. The van der Waals surface area contributed by atoms with Crippen LogP contribution in [0.3, 0.4) is 0 Å². The molecule has 2 aliphatic heterocycles. The van der Waals surface area contributed by atoms with Crippen LogP contribution in [-0.2, 0) is 14.8 Å². The van der Waals surface area contributed by atoms with Crippen molar-refractivity contribution in [3.05, 3.63) is 53.6 Å². The van der Waals surface area contributed by atoms with Gasteiger partial charge in [-0.05, 0) is 30.3 Å². The predicted molar refractivity (Wildman–Crippen MR) is 113 cm³/mol. The van der Waals surface area contributed by atoms with Gasteiger partial charge in [-0.1, -0.05) is 29.8 Å². The van der Waals surface area contributed by atoms with E-state index in [0.29, 0.717) is 42.6 Å². The fourth-order valence-corrected chi connectivity index (χ4v) is 4.81. The smallest absolute Gasteiger partial charge is 0.265 e. The normalized spacial score (nSPS) is 19.5. The molecule has 9 heteroatoms. The van der Waals surface area contributed by atoms with Gasteiger partial charge in [-0.25, -0.2) is 8.42 Å². The Hall–Kier alpha value is -2.45. The molecule has 1 amide bonds. The molecule has 0 bridgehead atoms. The predicted octanol–water partition coefficient (Wildman–Crippen LogP) is 2.22. The van der Waals surface area contributed by atoms with Crippen LogP contribution in [0, 0.1) is 0 Å². The van der Waals surface area contributed by atoms with Gasteiger partial charge in [0.1, 0.15) is 5.75 Å². The van der Waals surface area contributed by atoms with Crippen molar-refractivity contribution < 1.29 is 17.9 Å². The summed E-state index contributed by atoms with van der Waals surface area (Å²) in [5, 5.41) is 0.677. The molecule has 1 fully saturated rings. The Morgan fingerprint density at radius 2 is 1.79 bits per heavy atom. The average molecular weight is 436 g/mol. The number of para-hydroxylation sites is 2. The zero-order valence-electron chi connectivity index (χ0n) is 16.0. The summed E-state index contributed by atoms with van der Waals surface area (Å²) in [5.74, 6) is 0.207. The Morgan fingerprint density at radius 3 is 2.48 bits per heavy atom. The van der Waals surface area contributed by atoms with Crippen molar-refractivity contribution in [2.75, 3.05) is 48.2 Å². The number of fused-ring (bicyclic) bond motifs is 1. The standard InChI is InChI=1S/C20H22ClN3O4S/c1-29(26,27)24-14-19(28-18-8-3-2-7-17(18)24)20(25)23-11-9-22(10-12-23)16-6-4-5-15(21)13-16/h2-8,13,19H,9-12,14H2,1H3. The number of benzene rings is 2. The molecule has 2 aliphatic rings. The van der Waals surface area contributed by atoms with Gasteiger partial charge >= 0.3 is 0 Å². The molecule has 2 aromatic carbocycles. The number of piperazine rings is 1. The minimum Gasteiger partial charge on any atom is -0.476 e. The minimum absolute atomic E-state index is 0.0246. The van der Waals surface area contributed by atoms with E-state index in [9.17, 15) is 13.2 Å². The third-order valence-electron chi connectivity index (χ3n) is 5.18. The van der Waals surface area contributed by atoms with Crippen molar-refractivity contribution in [3.63, 3.8) is 0 Å². The third-order valence-corrected chi connectivity index (χ3v) is 6.56. The molecule has 4 rings (SSSR count). The number of sulfonamides is 1. The van der Waals surface area contributed by atoms with Crippen LogP contribution in [0.4, 0.5) is 11.4 Å². The molecule has 1 unspecified atom stereocenters. The molecule has 1 atom stereocenters. The third kappa shape index (κ3) is 4.13. The maximum absolute atomic E-state index is 13.1. The largest absolute Gasteiger partial charge is 0.476 e. The van der Waals surface area contributed by atoms with Gasteiger partial charge in [-0.2, -0.15) is 0 Å². The summed E-state index contributed by atoms with van der Waals surface area (Å²) in [4.78, 5) is 17.0. The lowest BCUT2D eigenvalue weighted by molar-refractivity contribution is -0.138. The number of amides is 1. The van der Waals surface area contributed by atoms with Gasteiger partial charge in [0.15, 0.2) is 6.10 Å². The van der Waals surface area contributed by atoms with Gasteiger partial charge in [0.05, 0.1) is 18.5 Å². The highest BCUT2D eigenvalue weighted by Gasteiger charge is 2.37. The van der Waals surface area contributed by atoms with Gasteiger partial charge in [0.2, 0.25) is 10.0 Å². The Labute approximate surface area is 175 Å². The summed E-state index contributed by atoms with van der Waals surface area (Å²) in [6, 6.07) is 14.5. The molecular weight excluding hydrogens is 414 g/mol. The van der Waals surface area contributed by atoms with E-state index in [1.807, 2.05) is 24.3 Å². The van der Waals surface area contributed by atoms with Gasteiger partial charge in [0, 0.05) is 36.9 Å². The number of ether oxygens (including phenoxy) is 1. The van der Waals surface area contributed by atoms with E-state index in [2.05, 4.69) is 4.90 Å². The lowest BCUT2D eigenvalue weighted by Crippen LogP contribution is -2.56. The van der Waals surface area contributed by atoms with Crippen LogP contribution >= 0.6 is 11.6 Å². The Morgan fingerprint density at radius 1 is 1.07 bits per heavy atom. The summed E-state index contributed by atoms with van der Waals surface area (Å²) in [5.41, 5.74) is 1.49. The van der Waals surface area contributed by atoms with Crippen molar-refractivity contribution >= 4 is 38.9 Å². The summed E-state index contributed by atoms with van der Waals surface area (Å²) in [7, 11) is -3.52. The van der Waals surface area contributed by atoms with Crippen LogP contribution < -0.4 is 13.9 Å². The van der Waals surface area contributed by atoms with E-state index in [1.54, 1.807) is 29.2 Å². The number of rotatable bonds is 3. The summed E-state index contributed by atoms with van der Waals surface area (Å²) >= 11 is 6.08. The second-order valence-electron chi connectivity index (χ2n) is 7.16. The van der Waals surface area contributed by atoms with Gasteiger partial charge < -0.3 is 14.5 Å². The maximum atomic E-state index is 13.1. The Kier molecular flexibility index (Phi) is 5.31. The molecule has 0 saturated carbocycles. The number of hydrogen-bond acceptors (Lipinski definition) is 5. The molecule has 0 N–H and O–H groups in total. The van der Waals surface area contributed by atoms with Crippen LogP contribution in [0.1, 0.15) is 0 Å². The highest BCUT2D eigenvalue weighted by Crippen LogP contribution is 2.35. The van der Waals surface area contributed by atoms with E-state index in [0.717, 1.165) is 11.9 Å². The molecule has 154 valence electrons. The number of halogens is 1. The van der Waals surface area contributed by atoms with Crippen LogP contribution in [0.2, 0.25) is 5.02 Å². The van der Waals surface area contributed by atoms with E-state index in [1.165, 1.54) is 4.31 Å². The van der Waals surface area contributed by atoms with Crippen LogP contribution in [0.25, 0.3) is 0 Å². The van der Waals surface area contributed by atoms with Gasteiger partial charge in [-0.3, -0.25) is 9.10 Å². The molecule has 7 nitrogen and oxygen atoms in total. The zero-order valence-corrected chi connectivity index (χ0v) is 17.6. The lowest BCUT2D eigenvalue weighted by atomic mass is 10.2. The first-order valence-electron chi connectivity index (χ1n) is 9.35. The number of carbonyl (C=O) groups excluding carboxylic acids is 1. The van der Waals surface area contributed by atoms with Crippen molar-refractivity contribution in [1.29, 1.82) is 0 Å². The van der Waals surface area contributed by atoms with Crippen LogP contribution in [-0.4, -0.2) is 64.3 Å². The number of nitrogens with zero attached hydrogens (tertiary/aromatic N) is 3. The SMILES string of the molecule is CS(=O)(=O)N1CC(C(=O)N2CCN(c3cccc(Cl)c3)CC2)Oc2ccccc21. The summed E-state index contributed by atoms with van der Waals surface area (Å²) < 4.78 is 31.6. The van der Waals surface area contributed by atoms with Gasteiger partial charge in [-0.15, -0.1) is 0 Å². The minimum atomic E-state index is -3.52. The fourth-order valence-electron chi connectivity index (χ4n) is 3.71. The molecular formula is C20H22ClN3O4S. The molecule has 29 heavy (non-hydrogen) atoms. The van der Waals surface area contributed by atoms with E-state index >= 15 is 0 Å². The van der Waals surface area contributed by atoms with Crippen molar-refractivity contribution in [2.45, 2.75) is 6.10 Å². The molecule has 0 aromatic heterocycles. The van der Waals surface area contributed by atoms with Gasteiger partial charge in [0.25, 0.3) is 5.91 Å². The second kappa shape index (κ2) is 7.76. The number of hydrogen-bond donors (Lipinski definition) is 0. The molecule has 2 heterocycles.